The van der Waals surface area contributed by atoms with Crippen molar-refractivity contribution in [1.29, 1.82) is 0 Å². The smallest absolute Gasteiger partial charge is 0.224 e. The number of ether oxygens (including phenoxy) is 1. The molecule has 0 aromatic carbocycles. The summed E-state index contributed by atoms with van der Waals surface area (Å²) < 4.78 is 5.51. The molecule has 0 bridgehead atoms. The lowest BCUT2D eigenvalue weighted by atomic mass is 9.88. The first kappa shape index (κ1) is 22.0. The fourth-order valence-corrected chi connectivity index (χ4v) is 4.63. The van der Waals surface area contributed by atoms with Crippen molar-refractivity contribution in [2.75, 3.05) is 39.4 Å². The molecule has 142 valence electrons. The first-order chi connectivity index (χ1) is 10.7. The summed E-state index contributed by atoms with van der Waals surface area (Å²) in [4.78, 5) is 17.6. The number of nitrogens with zero attached hydrogens (tertiary/aromatic N) is 2. The van der Waals surface area contributed by atoms with E-state index in [0.29, 0.717) is 18.9 Å². The van der Waals surface area contributed by atoms with Crippen LogP contribution in [0.25, 0.3) is 0 Å². The number of carbonyl (C=O) groups is 1. The predicted molar refractivity (Wildman–Crippen MR) is 101 cm³/mol. The molecule has 24 heavy (non-hydrogen) atoms. The Morgan fingerprint density at radius 3 is 2.33 bits per heavy atom. The second-order valence-corrected chi connectivity index (χ2v) is 7.18. The third-order valence-electron chi connectivity index (χ3n) is 5.92. The van der Waals surface area contributed by atoms with Crippen LogP contribution in [0.15, 0.2) is 0 Å². The number of halogens is 2. The number of hydrogen-bond acceptors (Lipinski definition) is 4. The van der Waals surface area contributed by atoms with E-state index >= 15 is 0 Å². The summed E-state index contributed by atoms with van der Waals surface area (Å²) >= 11 is 0. The summed E-state index contributed by atoms with van der Waals surface area (Å²) in [6.07, 6.45) is 8.94. The molecule has 3 fully saturated rings. The molecule has 2 N–H and O–H groups in total. The average Bonchev–Trinajstić information content (AvgIpc) is 3.05. The van der Waals surface area contributed by atoms with Crippen LogP contribution in [0.2, 0.25) is 0 Å². The molecule has 7 heteroatoms. The van der Waals surface area contributed by atoms with Crippen LogP contribution in [0.5, 0.6) is 0 Å². The summed E-state index contributed by atoms with van der Waals surface area (Å²) in [6, 6.07) is 0.268. The zero-order valence-corrected chi connectivity index (χ0v) is 16.2. The summed E-state index contributed by atoms with van der Waals surface area (Å²) in [5.74, 6) is 0.337. The van der Waals surface area contributed by atoms with Gasteiger partial charge in [-0.1, -0.05) is 12.8 Å². The maximum absolute atomic E-state index is 13.0. The fourth-order valence-electron chi connectivity index (χ4n) is 4.63. The first-order valence-corrected chi connectivity index (χ1v) is 9.07. The van der Waals surface area contributed by atoms with Gasteiger partial charge in [0.2, 0.25) is 5.91 Å². The number of piperidine rings is 1. The Kier molecular flexibility index (Phi) is 9.31. The molecule has 0 aromatic heterocycles. The fraction of sp³-hybridized carbons (Fsp3) is 0.941. The van der Waals surface area contributed by atoms with Crippen LogP contribution in [0.4, 0.5) is 0 Å². The molecule has 0 spiro atoms. The van der Waals surface area contributed by atoms with Gasteiger partial charge < -0.3 is 15.4 Å². The molecule has 1 saturated carbocycles. The second-order valence-electron chi connectivity index (χ2n) is 7.18. The molecule has 3 aliphatic rings. The van der Waals surface area contributed by atoms with E-state index in [9.17, 15) is 4.79 Å². The standard InChI is InChI=1S/C17H31N3O2.2ClH/c18-14-15-5-1-4-8-20(15)16(21)13-17(6-2-3-7-17)19-9-11-22-12-10-19;;/h15H,1-14,18H2;2*1H. The van der Waals surface area contributed by atoms with Crippen molar-refractivity contribution >= 4 is 30.7 Å². The molecule has 1 amide bonds. The van der Waals surface area contributed by atoms with Crippen molar-refractivity contribution in [3.8, 4) is 0 Å². The van der Waals surface area contributed by atoms with Gasteiger partial charge in [-0.25, -0.2) is 0 Å². The Bertz CT molecular complexity index is 386. The zero-order valence-electron chi connectivity index (χ0n) is 14.6. The highest BCUT2D eigenvalue weighted by atomic mass is 35.5. The van der Waals surface area contributed by atoms with Gasteiger partial charge in [0.05, 0.1) is 13.2 Å². The zero-order chi connectivity index (χ0) is 15.4. The molecule has 0 aromatic rings. The van der Waals surface area contributed by atoms with E-state index < -0.39 is 0 Å². The van der Waals surface area contributed by atoms with Gasteiger partial charge in [-0.2, -0.15) is 0 Å². The van der Waals surface area contributed by atoms with E-state index in [2.05, 4.69) is 9.80 Å². The minimum absolute atomic E-state index is 0. The van der Waals surface area contributed by atoms with Crippen molar-refractivity contribution in [1.82, 2.24) is 9.80 Å². The number of hydrogen-bond donors (Lipinski definition) is 1. The lowest BCUT2D eigenvalue weighted by Crippen LogP contribution is -2.56. The van der Waals surface area contributed by atoms with Gasteiger partial charge >= 0.3 is 0 Å². The van der Waals surface area contributed by atoms with E-state index in [0.717, 1.165) is 45.7 Å². The topological polar surface area (TPSA) is 58.8 Å². The Balaban J connectivity index is 0.00000144. The van der Waals surface area contributed by atoms with E-state index in [4.69, 9.17) is 10.5 Å². The van der Waals surface area contributed by atoms with Gasteiger partial charge in [0.25, 0.3) is 0 Å². The highest BCUT2D eigenvalue weighted by molar-refractivity contribution is 5.85. The van der Waals surface area contributed by atoms with Crippen molar-refractivity contribution in [3.05, 3.63) is 0 Å². The molecule has 2 aliphatic heterocycles. The summed E-state index contributed by atoms with van der Waals surface area (Å²) in [7, 11) is 0. The first-order valence-electron chi connectivity index (χ1n) is 9.07. The van der Waals surface area contributed by atoms with Gasteiger partial charge in [-0.05, 0) is 32.1 Å². The van der Waals surface area contributed by atoms with Crippen molar-refractivity contribution in [3.63, 3.8) is 0 Å². The van der Waals surface area contributed by atoms with Gasteiger partial charge in [0.1, 0.15) is 0 Å². The summed E-state index contributed by atoms with van der Waals surface area (Å²) in [5.41, 5.74) is 5.99. The highest BCUT2D eigenvalue weighted by Gasteiger charge is 2.43. The van der Waals surface area contributed by atoms with Crippen molar-refractivity contribution in [2.24, 2.45) is 5.73 Å². The van der Waals surface area contributed by atoms with Gasteiger partial charge in [-0.15, -0.1) is 24.8 Å². The van der Waals surface area contributed by atoms with Crippen LogP contribution in [-0.4, -0.2) is 66.7 Å². The number of likely N-dealkylation sites (tertiary alicyclic amines) is 1. The van der Waals surface area contributed by atoms with Crippen LogP contribution >= 0.6 is 24.8 Å². The van der Waals surface area contributed by atoms with E-state index in [1.807, 2.05) is 0 Å². The monoisotopic (exact) mass is 381 g/mol. The highest BCUT2D eigenvalue weighted by Crippen LogP contribution is 2.39. The maximum Gasteiger partial charge on any atom is 0.224 e. The molecule has 1 atom stereocenters. The number of amides is 1. The molecule has 2 saturated heterocycles. The van der Waals surface area contributed by atoms with Crippen LogP contribution < -0.4 is 5.73 Å². The van der Waals surface area contributed by atoms with Crippen molar-refractivity contribution in [2.45, 2.75) is 62.9 Å². The van der Waals surface area contributed by atoms with E-state index in [1.54, 1.807) is 0 Å². The Hall–Kier alpha value is -0.0700. The maximum atomic E-state index is 13.0. The van der Waals surface area contributed by atoms with Crippen LogP contribution in [-0.2, 0) is 9.53 Å². The Morgan fingerprint density at radius 1 is 1.04 bits per heavy atom. The number of morpholine rings is 1. The van der Waals surface area contributed by atoms with Gasteiger partial charge in [0.15, 0.2) is 0 Å². The molecule has 1 aliphatic carbocycles. The molecule has 3 rings (SSSR count). The minimum Gasteiger partial charge on any atom is -0.379 e. The summed E-state index contributed by atoms with van der Waals surface area (Å²) in [6.45, 7) is 5.09. The minimum atomic E-state index is 0. The normalized spacial score (nSPS) is 27.2. The van der Waals surface area contributed by atoms with Crippen LogP contribution in [0.1, 0.15) is 51.4 Å². The number of nitrogens with two attached hydrogens (primary N) is 1. The number of rotatable bonds is 4. The predicted octanol–water partition coefficient (Wildman–Crippen LogP) is 2.20. The lowest BCUT2D eigenvalue weighted by Gasteiger charge is -2.45. The Labute approximate surface area is 158 Å². The third kappa shape index (κ3) is 4.76. The van der Waals surface area contributed by atoms with E-state index in [1.165, 1.54) is 32.1 Å². The largest absolute Gasteiger partial charge is 0.379 e. The van der Waals surface area contributed by atoms with Crippen LogP contribution in [0.3, 0.4) is 0 Å². The molecule has 1 unspecified atom stereocenters. The van der Waals surface area contributed by atoms with Crippen LogP contribution in [0, 0.1) is 0 Å². The van der Waals surface area contributed by atoms with Gasteiger partial charge in [-0.3, -0.25) is 9.69 Å². The van der Waals surface area contributed by atoms with Gasteiger partial charge in [0, 0.05) is 44.2 Å². The summed E-state index contributed by atoms with van der Waals surface area (Å²) in [5, 5.41) is 0. The van der Waals surface area contributed by atoms with Crippen molar-refractivity contribution < 1.29 is 9.53 Å². The average molecular weight is 382 g/mol. The molecule has 5 nitrogen and oxygen atoms in total. The lowest BCUT2D eigenvalue weighted by molar-refractivity contribution is -0.139. The molecule has 2 heterocycles. The Morgan fingerprint density at radius 2 is 1.71 bits per heavy atom. The SMILES string of the molecule is Cl.Cl.NCC1CCCCN1C(=O)CC1(N2CCOCC2)CCCC1. The molecular weight excluding hydrogens is 349 g/mol. The molecule has 0 radical (unpaired) electrons. The van der Waals surface area contributed by atoms with E-state index in [-0.39, 0.29) is 36.4 Å². The second kappa shape index (κ2) is 10.2. The third-order valence-corrected chi connectivity index (χ3v) is 5.92. The quantitative estimate of drug-likeness (QED) is 0.810. The number of carbonyl (C=O) groups excluding carboxylic acids is 1. The molecular formula is C17H33Cl2N3O2.